The summed E-state index contributed by atoms with van der Waals surface area (Å²) in [4.78, 5) is 23.4. The number of carbonyl (C=O) groups excluding carboxylic acids is 2. The van der Waals surface area contributed by atoms with Crippen molar-refractivity contribution in [1.82, 2.24) is 0 Å². The Labute approximate surface area is 132 Å². The van der Waals surface area contributed by atoms with Gasteiger partial charge in [-0.2, -0.15) is 0 Å². The molecule has 0 saturated carbocycles. The van der Waals surface area contributed by atoms with Crippen LogP contribution < -0.4 is 15.4 Å². The van der Waals surface area contributed by atoms with E-state index in [9.17, 15) is 14.0 Å². The second-order valence-corrected chi connectivity index (χ2v) is 5.20. The Kier molecular flexibility index (Phi) is 4.23. The molecule has 0 radical (unpaired) electrons. The molecule has 0 unspecified atom stereocenters. The largest absolute Gasteiger partial charge is 0.479 e. The number of benzene rings is 2. The summed E-state index contributed by atoms with van der Waals surface area (Å²) in [6.45, 7) is -0.161. The molecule has 23 heavy (non-hydrogen) atoms. The molecule has 2 aromatic rings. The standard InChI is InChI=1S/C17H15FN2O3/c18-12-8-13(17-14(9-12)20-16(22)10-23-17)19-15(21)7-6-11-4-2-1-3-5-11/h1-5,8-9H,6-7,10H2,(H,19,21)(H,20,22). The number of rotatable bonds is 4. The van der Waals surface area contributed by atoms with E-state index in [-0.39, 0.29) is 42.0 Å². The number of ether oxygens (including phenoxy) is 1. The van der Waals surface area contributed by atoms with E-state index < -0.39 is 5.82 Å². The summed E-state index contributed by atoms with van der Waals surface area (Å²) in [5.74, 6) is -0.890. The van der Waals surface area contributed by atoms with E-state index in [1.807, 2.05) is 30.3 Å². The fourth-order valence-electron chi connectivity index (χ4n) is 2.37. The summed E-state index contributed by atoms with van der Waals surface area (Å²) in [6, 6.07) is 11.9. The van der Waals surface area contributed by atoms with Gasteiger partial charge in [0.1, 0.15) is 5.82 Å². The monoisotopic (exact) mass is 314 g/mol. The van der Waals surface area contributed by atoms with Crippen LogP contribution in [0.2, 0.25) is 0 Å². The molecule has 0 spiro atoms. The highest BCUT2D eigenvalue weighted by Crippen LogP contribution is 2.36. The molecule has 1 aliphatic heterocycles. The van der Waals surface area contributed by atoms with Gasteiger partial charge in [-0.3, -0.25) is 9.59 Å². The van der Waals surface area contributed by atoms with Crippen molar-refractivity contribution < 1.29 is 18.7 Å². The van der Waals surface area contributed by atoms with Crippen LogP contribution in [0.4, 0.5) is 15.8 Å². The highest BCUT2D eigenvalue weighted by atomic mass is 19.1. The van der Waals surface area contributed by atoms with Crippen molar-refractivity contribution in [3.63, 3.8) is 0 Å². The van der Waals surface area contributed by atoms with Crippen molar-refractivity contribution in [2.75, 3.05) is 17.2 Å². The Morgan fingerprint density at radius 3 is 2.83 bits per heavy atom. The lowest BCUT2D eigenvalue weighted by Gasteiger charge is -2.21. The maximum absolute atomic E-state index is 13.6. The molecule has 5 nitrogen and oxygen atoms in total. The van der Waals surface area contributed by atoms with Crippen LogP contribution in [0.3, 0.4) is 0 Å². The number of carbonyl (C=O) groups is 2. The molecular formula is C17H15FN2O3. The maximum Gasteiger partial charge on any atom is 0.262 e. The van der Waals surface area contributed by atoms with Crippen LogP contribution in [0.1, 0.15) is 12.0 Å². The zero-order valence-electron chi connectivity index (χ0n) is 12.3. The summed E-state index contributed by atoms with van der Waals surface area (Å²) in [5, 5.41) is 5.16. The lowest BCUT2D eigenvalue weighted by atomic mass is 10.1. The van der Waals surface area contributed by atoms with Gasteiger partial charge in [0.25, 0.3) is 5.91 Å². The molecule has 2 amide bonds. The van der Waals surface area contributed by atoms with Crippen LogP contribution in [-0.2, 0) is 16.0 Å². The smallest absolute Gasteiger partial charge is 0.262 e. The van der Waals surface area contributed by atoms with Crippen molar-refractivity contribution in [3.05, 3.63) is 53.8 Å². The van der Waals surface area contributed by atoms with E-state index in [0.717, 1.165) is 11.6 Å². The summed E-state index contributed by atoms with van der Waals surface area (Å²) in [6.07, 6.45) is 0.851. The molecule has 0 aliphatic carbocycles. The maximum atomic E-state index is 13.6. The average molecular weight is 314 g/mol. The normalized spacial score (nSPS) is 12.8. The zero-order chi connectivity index (χ0) is 16.2. The van der Waals surface area contributed by atoms with E-state index in [1.165, 1.54) is 6.07 Å². The Morgan fingerprint density at radius 2 is 2.04 bits per heavy atom. The number of anilines is 2. The van der Waals surface area contributed by atoms with Crippen LogP contribution in [0.5, 0.6) is 5.75 Å². The number of fused-ring (bicyclic) bond motifs is 1. The van der Waals surface area contributed by atoms with Gasteiger partial charge in [-0.05, 0) is 12.0 Å². The number of aryl methyl sites for hydroxylation is 1. The van der Waals surface area contributed by atoms with Crippen LogP contribution in [0.15, 0.2) is 42.5 Å². The summed E-state index contributed by atoms with van der Waals surface area (Å²) >= 11 is 0. The Hall–Kier alpha value is -2.89. The molecule has 118 valence electrons. The lowest BCUT2D eigenvalue weighted by molar-refractivity contribution is -0.118. The number of halogens is 1. The predicted octanol–water partition coefficient (Wildman–Crippen LogP) is 2.73. The Morgan fingerprint density at radius 1 is 1.26 bits per heavy atom. The van der Waals surface area contributed by atoms with Gasteiger partial charge in [0.05, 0.1) is 11.4 Å². The van der Waals surface area contributed by atoms with E-state index in [0.29, 0.717) is 6.42 Å². The van der Waals surface area contributed by atoms with Crippen LogP contribution >= 0.6 is 0 Å². The van der Waals surface area contributed by atoms with Crippen molar-refractivity contribution in [3.8, 4) is 5.75 Å². The van der Waals surface area contributed by atoms with Gasteiger partial charge in [-0.1, -0.05) is 30.3 Å². The van der Waals surface area contributed by atoms with Gasteiger partial charge < -0.3 is 15.4 Å². The first kappa shape index (κ1) is 15.0. The minimum absolute atomic E-state index is 0.161. The molecule has 1 heterocycles. The van der Waals surface area contributed by atoms with Crippen LogP contribution in [0, 0.1) is 5.82 Å². The van der Waals surface area contributed by atoms with Gasteiger partial charge in [0.2, 0.25) is 5.91 Å². The number of hydrogen-bond acceptors (Lipinski definition) is 3. The molecule has 3 rings (SSSR count). The number of nitrogens with one attached hydrogen (secondary N) is 2. The Bertz CT molecular complexity index is 747. The number of amides is 2. The van der Waals surface area contributed by atoms with Gasteiger partial charge in [0, 0.05) is 18.6 Å². The van der Waals surface area contributed by atoms with Crippen molar-refractivity contribution in [2.45, 2.75) is 12.8 Å². The van der Waals surface area contributed by atoms with E-state index in [4.69, 9.17) is 4.74 Å². The summed E-state index contributed by atoms with van der Waals surface area (Å²) < 4.78 is 18.9. The third-order valence-electron chi connectivity index (χ3n) is 3.43. The molecule has 0 fully saturated rings. The van der Waals surface area contributed by atoms with Gasteiger partial charge in [-0.15, -0.1) is 0 Å². The number of hydrogen-bond donors (Lipinski definition) is 2. The fourth-order valence-corrected chi connectivity index (χ4v) is 2.37. The summed E-state index contributed by atoms with van der Waals surface area (Å²) in [5.41, 5.74) is 1.49. The molecule has 0 saturated heterocycles. The average Bonchev–Trinajstić information content (AvgIpc) is 2.53. The minimum Gasteiger partial charge on any atom is -0.479 e. The topological polar surface area (TPSA) is 67.4 Å². The van der Waals surface area contributed by atoms with E-state index >= 15 is 0 Å². The van der Waals surface area contributed by atoms with Gasteiger partial charge in [-0.25, -0.2) is 4.39 Å². The van der Waals surface area contributed by atoms with Crippen molar-refractivity contribution in [1.29, 1.82) is 0 Å². The van der Waals surface area contributed by atoms with Gasteiger partial charge in [0.15, 0.2) is 12.4 Å². The lowest BCUT2D eigenvalue weighted by Crippen LogP contribution is -2.26. The first-order valence-corrected chi connectivity index (χ1v) is 7.22. The van der Waals surface area contributed by atoms with Crippen molar-refractivity contribution >= 4 is 23.2 Å². The van der Waals surface area contributed by atoms with Gasteiger partial charge >= 0.3 is 0 Å². The first-order chi connectivity index (χ1) is 11.1. The second kappa shape index (κ2) is 6.48. The molecule has 6 heteroatoms. The quantitative estimate of drug-likeness (QED) is 0.912. The summed E-state index contributed by atoms with van der Waals surface area (Å²) in [7, 11) is 0. The minimum atomic E-state index is -0.562. The highest BCUT2D eigenvalue weighted by molar-refractivity contribution is 6.00. The van der Waals surface area contributed by atoms with Crippen LogP contribution in [0.25, 0.3) is 0 Å². The second-order valence-electron chi connectivity index (χ2n) is 5.20. The Balaban J connectivity index is 1.70. The molecule has 0 bridgehead atoms. The fraction of sp³-hybridized carbons (Fsp3) is 0.176. The first-order valence-electron chi connectivity index (χ1n) is 7.22. The van der Waals surface area contributed by atoms with Crippen LogP contribution in [-0.4, -0.2) is 18.4 Å². The predicted molar refractivity (Wildman–Crippen MR) is 83.9 cm³/mol. The molecule has 0 aromatic heterocycles. The molecule has 1 aliphatic rings. The third-order valence-corrected chi connectivity index (χ3v) is 3.43. The molecule has 0 atom stereocenters. The molecule has 2 aromatic carbocycles. The highest BCUT2D eigenvalue weighted by Gasteiger charge is 2.21. The van der Waals surface area contributed by atoms with E-state index in [2.05, 4.69) is 10.6 Å². The SMILES string of the molecule is O=C(CCc1ccccc1)Nc1cc(F)cc2c1OCC(=O)N2. The van der Waals surface area contributed by atoms with E-state index in [1.54, 1.807) is 0 Å². The third kappa shape index (κ3) is 3.66. The molecular weight excluding hydrogens is 299 g/mol. The van der Waals surface area contributed by atoms with Crippen molar-refractivity contribution in [2.24, 2.45) is 0 Å². The zero-order valence-corrected chi connectivity index (χ0v) is 12.3. The molecule has 2 N–H and O–H groups in total.